The molecule has 0 aromatic carbocycles. The molecule has 2 N–H and O–H groups in total. The minimum atomic E-state index is 0.290. The van der Waals surface area contributed by atoms with Crippen molar-refractivity contribution in [2.24, 2.45) is 5.92 Å². The van der Waals surface area contributed by atoms with Crippen molar-refractivity contribution in [3.8, 4) is 0 Å². The van der Waals surface area contributed by atoms with Gasteiger partial charge in [-0.3, -0.25) is 4.68 Å². The van der Waals surface area contributed by atoms with Crippen molar-refractivity contribution in [1.82, 2.24) is 15.1 Å². The lowest BCUT2D eigenvalue weighted by Gasteiger charge is -2.15. The van der Waals surface area contributed by atoms with Crippen LogP contribution in [0.5, 0.6) is 0 Å². The van der Waals surface area contributed by atoms with Gasteiger partial charge in [0.15, 0.2) is 0 Å². The van der Waals surface area contributed by atoms with E-state index in [-0.39, 0.29) is 0 Å². The summed E-state index contributed by atoms with van der Waals surface area (Å²) in [5.74, 6) is 0.582. The maximum Gasteiger partial charge on any atom is 0.0597 e. The Balaban J connectivity index is 2.39. The van der Waals surface area contributed by atoms with Gasteiger partial charge in [0.05, 0.1) is 11.4 Å². The predicted molar refractivity (Wildman–Crippen MR) is 74.4 cm³/mol. The van der Waals surface area contributed by atoms with Gasteiger partial charge in [-0.25, -0.2) is 0 Å². The largest absolute Gasteiger partial charge is 0.396 e. The van der Waals surface area contributed by atoms with Crippen molar-refractivity contribution in [1.29, 1.82) is 0 Å². The van der Waals surface area contributed by atoms with Gasteiger partial charge in [0.1, 0.15) is 0 Å². The molecule has 104 valence electrons. The van der Waals surface area contributed by atoms with Crippen molar-refractivity contribution in [2.75, 3.05) is 13.2 Å². The molecule has 0 radical (unpaired) electrons. The van der Waals surface area contributed by atoms with Gasteiger partial charge in [-0.05, 0) is 45.2 Å². The van der Waals surface area contributed by atoms with Crippen LogP contribution in [0, 0.1) is 12.8 Å². The summed E-state index contributed by atoms with van der Waals surface area (Å²) in [6.07, 6.45) is 3.25. The topological polar surface area (TPSA) is 50.1 Å². The minimum absolute atomic E-state index is 0.290. The van der Waals surface area contributed by atoms with Crippen LogP contribution >= 0.6 is 0 Å². The maximum atomic E-state index is 9.02. The Labute approximate surface area is 110 Å². The van der Waals surface area contributed by atoms with Crippen molar-refractivity contribution in [3.05, 3.63) is 17.5 Å². The molecule has 0 aliphatic rings. The van der Waals surface area contributed by atoms with E-state index >= 15 is 0 Å². The molecular weight excluding hydrogens is 226 g/mol. The van der Waals surface area contributed by atoms with Crippen molar-refractivity contribution < 1.29 is 5.11 Å². The summed E-state index contributed by atoms with van der Waals surface area (Å²) >= 11 is 0. The van der Waals surface area contributed by atoms with Gasteiger partial charge in [0, 0.05) is 19.7 Å². The first-order chi connectivity index (χ1) is 8.71. The molecule has 0 fully saturated rings. The molecule has 0 amide bonds. The van der Waals surface area contributed by atoms with Crippen LogP contribution in [-0.2, 0) is 13.1 Å². The van der Waals surface area contributed by atoms with Gasteiger partial charge in [-0.2, -0.15) is 5.10 Å². The molecule has 0 saturated heterocycles. The smallest absolute Gasteiger partial charge is 0.0597 e. The first kappa shape index (κ1) is 15.2. The molecule has 1 unspecified atom stereocenters. The Bertz CT molecular complexity index is 330. The first-order valence-corrected chi connectivity index (χ1v) is 7.06. The first-order valence-electron chi connectivity index (χ1n) is 7.06. The summed E-state index contributed by atoms with van der Waals surface area (Å²) in [7, 11) is 0. The van der Waals surface area contributed by atoms with E-state index in [1.807, 2.05) is 11.6 Å². The zero-order valence-electron chi connectivity index (χ0n) is 11.9. The van der Waals surface area contributed by atoms with Crippen molar-refractivity contribution in [3.63, 3.8) is 0 Å². The van der Waals surface area contributed by atoms with E-state index in [1.165, 1.54) is 18.5 Å². The average molecular weight is 253 g/mol. The number of nitrogens with zero attached hydrogens (tertiary/aromatic N) is 2. The van der Waals surface area contributed by atoms with Gasteiger partial charge in [-0.15, -0.1) is 0 Å². The van der Waals surface area contributed by atoms with E-state index in [0.29, 0.717) is 12.5 Å². The highest BCUT2D eigenvalue weighted by Crippen LogP contribution is 2.10. The average Bonchev–Trinajstić information content (AvgIpc) is 2.70. The fraction of sp³-hybridized carbons (Fsp3) is 0.786. The molecule has 0 aliphatic carbocycles. The lowest BCUT2D eigenvalue weighted by atomic mass is 10.0. The zero-order chi connectivity index (χ0) is 13.4. The second kappa shape index (κ2) is 8.27. The Morgan fingerprint density at radius 1 is 1.39 bits per heavy atom. The highest BCUT2D eigenvalue weighted by molar-refractivity contribution is 5.08. The van der Waals surface area contributed by atoms with E-state index in [1.54, 1.807) is 0 Å². The van der Waals surface area contributed by atoms with Crippen LogP contribution in [-0.4, -0.2) is 28.0 Å². The number of rotatable bonds is 9. The van der Waals surface area contributed by atoms with E-state index in [2.05, 4.69) is 30.3 Å². The summed E-state index contributed by atoms with van der Waals surface area (Å²) < 4.78 is 2.04. The molecule has 4 nitrogen and oxygen atoms in total. The lowest BCUT2D eigenvalue weighted by Crippen LogP contribution is -2.24. The SMILES string of the molecule is CCCC(CCO)CNCc1cc(C)nn1CC. The number of aliphatic hydroxyl groups is 1. The maximum absolute atomic E-state index is 9.02. The highest BCUT2D eigenvalue weighted by Gasteiger charge is 2.08. The van der Waals surface area contributed by atoms with Crippen LogP contribution in [0.15, 0.2) is 6.07 Å². The molecule has 0 bridgehead atoms. The number of aliphatic hydroxyl groups excluding tert-OH is 1. The number of hydrogen-bond acceptors (Lipinski definition) is 3. The van der Waals surface area contributed by atoms with E-state index in [0.717, 1.165) is 31.7 Å². The third kappa shape index (κ3) is 4.78. The summed E-state index contributed by atoms with van der Waals surface area (Å²) in [6, 6.07) is 2.14. The summed E-state index contributed by atoms with van der Waals surface area (Å²) in [4.78, 5) is 0. The molecule has 1 heterocycles. The fourth-order valence-electron chi connectivity index (χ4n) is 2.36. The van der Waals surface area contributed by atoms with Crippen LogP contribution in [0.2, 0.25) is 0 Å². The normalized spacial score (nSPS) is 12.9. The summed E-state index contributed by atoms with van der Waals surface area (Å²) in [6.45, 7) is 9.38. The molecule has 1 aromatic rings. The van der Waals surface area contributed by atoms with Crippen LogP contribution in [0.4, 0.5) is 0 Å². The van der Waals surface area contributed by atoms with E-state index < -0.39 is 0 Å². The van der Waals surface area contributed by atoms with Crippen LogP contribution in [0.25, 0.3) is 0 Å². The monoisotopic (exact) mass is 253 g/mol. The Morgan fingerprint density at radius 3 is 2.78 bits per heavy atom. The second-order valence-electron chi connectivity index (χ2n) is 4.89. The summed E-state index contributed by atoms with van der Waals surface area (Å²) in [5, 5.41) is 16.9. The quantitative estimate of drug-likeness (QED) is 0.708. The lowest BCUT2D eigenvalue weighted by molar-refractivity contribution is 0.247. The molecular formula is C14H27N3O. The van der Waals surface area contributed by atoms with Gasteiger partial charge in [0.25, 0.3) is 0 Å². The Kier molecular flexibility index (Phi) is 6.98. The van der Waals surface area contributed by atoms with Crippen LogP contribution in [0.1, 0.15) is 44.5 Å². The molecule has 18 heavy (non-hydrogen) atoms. The van der Waals surface area contributed by atoms with Crippen LogP contribution in [0.3, 0.4) is 0 Å². The number of aryl methyl sites for hydroxylation is 2. The van der Waals surface area contributed by atoms with Crippen molar-refractivity contribution in [2.45, 2.75) is 53.1 Å². The van der Waals surface area contributed by atoms with Gasteiger partial charge >= 0.3 is 0 Å². The fourth-order valence-corrected chi connectivity index (χ4v) is 2.36. The predicted octanol–water partition coefficient (Wildman–Crippen LogP) is 2.10. The highest BCUT2D eigenvalue weighted by atomic mass is 16.3. The molecule has 4 heteroatoms. The van der Waals surface area contributed by atoms with E-state index in [4.69, 9.17) is 5.11 Å². The summed E-state index contributed by atoms with van der Waals surface area (Å²) in [5.41, 5.74) is 2.32. The molecule has 1 rings (SSSR count). The number of aromatic nitrogens is 2. The van der Waals surface area contributed by atoms with Gasteiger partial charge in [0.2, 0.25) is 0 Å². The third-order valence-corrected chi connectivity index (χ3v) is 3.26. The Hall–Kier alpha value is -0.870. The Morgan fingerprint density at radius 2 is 2.17 bits per heavy atom. The third-order valence-electron chi connectivity index (χ3n) is 3.26. The molecule has 0 saturated carbocycles. The van der Waals surface area contributed by atoms with Crippen molar-refractivity contribution >= 4 is 0 Å². The molecule has 0 spiro atoms. The van der Waals surface area contributed by atoms with Gasteiger partial charge < -0.3 is 10.4 Å². The number of hydrogen-bond donors (Lipinski definition) is 2. The minimum Gasteiger partial charge on any atom is -0.396 e. The zero-order valence-corrected chi connectivity index (χ0v) is 11.9. The molecule has 1 atom stereocenters. The molecule has 0 aliphatic heterocycles. The van der Waals surface area contributed by atoms with E-state index in [9.17, 15) is 0 Å². The number of nitrogens with one attached hydrogen (secondary N) is 1. The molecule has 1 aromatic heterocycles. The standard InChI is InChI=1S/C14H27N3O/c1-4-6-13(7-8-18)10-15-11-14-9-12(3)16-17(14)5-2/h9,13,15,18H,4-8,10-11H2,1-3H3. The van der Waals surface area contributed by atoms with Crippen LogP contribution < -0.4 is 5.32 Å². The second-order valence-corrected chi connectivity index (χ2v) is 4.89. The van der Waals surface area contributed by atoms with Gasteiger partial charge in [-0.1, -0.05) is 13.3 Å².